The Kier molecular flexibility index (Phi) is 4.82. The van der Waals surface area contributed by atoms with E-state index in [0.29, 0.717) is 22.9 Å². The topological polar surface area (TPSA) is 84.3 Å². The fraction of sp³-hybridized carbons (Fsp3) is 0.333. The normalized spacial score (nSPS) is 14.7. The molecular weight excluding hydrogens is 356 g/mol. The van der Waals surface area contributed by atoms with Crippen molar-refractivity contribution < 1.29 is 14.4 Å². The lowest BCUT2D eigenvalue weighted by molar-refractivity contribution is -0.121. The fourth-order valence-electron chi connectivity index (χ4n) is 3.01. The van der Waals surface area contributed by atoms with E-state index in [1.165, 1.54) is 11.0 Å². The molecule has 1 atom stereocenters. The molecule has 2 amide bonds. The Labute approximate surface area is 155 Å². The van der Waals surface area contributed by atoms with E-state index < -0.39 is 17.7 Å². The van der Waals surface area contributed by atoms with Crippen LogP contribution in [0.4, 0.5) is 11.5 Å². The highest BCUT2D eigenvalue weighted by Crippen LogP contribution is 2.34. The highest BCUT2D eigenvalue weighted by molar-refractivity contribution is 6.53. The summed E-state index contributed by atoms with van der Waals surface area (Å²) in [6.45, 7) is 3.90. The largest absolute Gasteiger partial charge is 0.307 e. The van der Waals surface area contributed by atoms with Crippen molar-refractivity contribution in [2.75, 3.05) is 10.2 Å². The van der Waals surface area contributed by atoms with Crippen LogP contribution in [-0.4, -0.2) is 33.4 Å². The summed E-state index contributed by atoms with van der Waals surface area (Å²) in [6.07, 6.45) is 2.11. The van der Waals surface area contributed by atoms with Crippen molar-refractivity contribution in [3.8, 4) is 0 Å². The lowest BCUT2D eigenvalue weighted by atomic mass is 10.0. The molecule has 0 spiro atoms. The van der Waals surface area contributed by atoms with Gasteiger partial charge in [0.05, 0.1) is 11.3 Å². The van der Waals surface area contributed by atoms with Gasteiger partial charge < -0.3 is 5.32 Å². The number of aryl methyl sites for hydroxylation is 1. The fourth-order valence-corrected chi connectivity index (χ4v) is 3.18. The van der Waals surface area contributed by atoms with Crippen LogP contribution in [-0.2, 0) is 16.6 Å². The Morgan fingerprint density at radius 3 is 2.62 bits per heavy atom. The SMILES string of the molecule is CC(C)CC(C(=O)Nc1ccn(C)n1)N1C(=O)C(=O)c2cc(Cl)ccc21. The number of nitrogens with zero attached hydrogens (tertiary/aromatic N) is 3. The van der Waals surface area contributed by atoms with Gasteiger partial charge in [-0.3, -0.25) is 24.0 Å². The van der Waals surface area contributed by atoms with Gasteiger partial charge in [-0.2, -0.15) is 5.10 Å². The third-order valence-corrected chi connectivity index (χ3v) is 4.38. The van der Waals surface area contributed by atoms with Crippen molar-refractivity contribution in [1.29, 1.82) is 0 Å². The summed E-state index contributed by atoms with van der Waals surface area (Å²) in [5, 5.41) is 7.21. The van der Waals surface area contributed by atoms with Crippen LogP contribution < -0.4 is 10.2 Å². The number of anilines is 2. The number of amides is 2. The van der Waals surface area contributed by atoms with Gasteiger partial charge in [-0.1, -0.05) is 25.4 Å². The molecule has 0 saturated heterocycles. The summed E-state index contributed by atoms with van der Waals surface area (Å²) in [5.41, 5.74) is 0.633. The molecule has 136 valence electrons. The number of halogens is 1. The number of rotatable bonds is 5. The van der Waals surface area contributed by atoms with Gasteiger partial charge in [-0.05, 0) is 30.5 Å². The van der Waals surface area contributed by atoms with E-state index >= 15 is 0 Å². The number of carbonyl (C=O) groups is 3. The zero-order chi connectivity index (χ0) is 19.0. The smallest absolute Gasteiger partial charge is 0.300 e. The quantitative estimate of drug-likeness (QED) is 0.815. The maximum atomic E-state index is 12.9. The average molecular weight is 375 g/mol. The van der Waals surface area contributed by atoms with Crippen molar-refractivity contribution in [3.63, 3.8) is 0 Å². The maximum absolute atomic E-state index is 12.9. The van der Waals surface area contributed by atoms with Gasteiger partial charge in [-0.25, -0.2) is 0 Å². The molecule has 2 heterocycles. The summed E-state index contributed by atoms with van der Waals surface area (Å²) < 4.78 is 1.56. The first kappa shape index (κ1) is 18.1. The predicted octanol–water partition coefficient (Wildman–Crippen LogP) is 2.66. The summed E-state index contributed by atoms with van der Waals surface area (Å²) in [7, 11) is 1.74. The summed E-state index contributed by atoms with van der Waals surface area (Å²) in [6, 6.07) is 5.50. The molecule has 1 aliphatic rings. The number of nitrogens with one attached hydrogen (secondary N) is 1. The Bertz CT molecular complexity index is 890. The molecule has 1 aliphatic heterocycles. The van der Waals surface area contributed by atoms with Crippen LogP contribution in [0.5, 0.6) is 0 Å². The number of hydrogen-bond donors (Lipinski definition) is 1. The highest BCUT2D eigenvalue weighted by atomic mass is 35.5. The van der Waals surface area contributed by atoms with E-state index in [1.807, 2.05) is 13.8 Å². The number of carbonyl (C=O) groups excluding carboxylic acids is 3. The van der Waals surface area contributed by atoms with Crippen LogP contribution in [0.25, 0.3) is 0 Å². The molecule has 2 aromatic rings. The van der Waals surface area contributed by atoms with Crippen molar-refractivity contribution in [3.05, 3.63) is 41.0 Å². The highest BCUT2D eigenvalue weighted by Gasteiger charge is 2.42. The van der Waals surface area contributed by atoms with E-state index in [-0.39, 0.29) is 17.4 Å². The van der Waals surface area contributed by atoms with Crippen LogP contribution in [0, 0.1) is 5.92 Å². The van der Waals surface area contributed by atoms with E-state index in [9.17, 15) is 14.4 Å². The summed E-state index contributed by atoms with van der Waals surface area (Å²) in [4.78, 5) is 39.1. The minimum atomic E-state index is -0.823. The first-order valence-corrected chi connectivity index (χ1v) is 8.63. The zero-order valence-corrected chi connectivity index (χ0v) is 15.4. The lowest BCUT2D eigenvalue weighted by Crippen LogP contribution is -2.47. The Balaban J connectivity index is 1.96. The van der Waals surface area contributed by atoms with Crippen LogP contribution in [0.1, 0.15) is 30.6 Å². The summed E-state index contributed by atoms with van der Waals surface area (Å²) in [5.74, 6) is -1.23. The Hall–Kier alpha value is -2.67. The Morgan fingerprint density at radius 1 is 1.27 bits per heavy atom. The second-order valence-corrected chi connectivity index (χ2v) is 7.11. The molecule has 0 fully saturated rings. The third kappa shape index (κ3) is 3.35. The molecular formula is C18H19ClN4O3. The number of benzene rings is 1. The average Bonchev–Trinajstić information content (AvgIpc) is 3.08. The van der Waals surface area contributed by atoms with Crippen molar-refractivity contribution in [2.45, 2.75) is 26.3 Å². The number of fused-ring (bicyclic) bond motifs is 1. The van der Waals surface area contributed by atoms with Crippen LogP contribution in [0.15, 0.2) is 30.5 Å². The Morgan fingerprint density at radius 2 is 2.00 bits per heavy atom. The molecule has 3 rings (SSSR count). The van der Waals surface area contributed by atoms with Gasteiger partial charge in [0.2, 0.25) is 5.91 Å². The number of aromatic nitrogens is 2. The minimum absolute atomic E-state index is 0.133. The van der Waals surface area contributed by atoms with Crippen molar-refractivity contribution in [1.82, 2.24) is 9.78 Å². The molecule has 0 radical (unpaired) electrons. The lowest BCUT2D eigenvalue weighted by Gasteiger charge is -2.28. The zero-order valence-electron chi connectivity index (χ0n) is 14.7. The molecule has 0 aliphatic carbocycles. The second kappa shape index (κ2) is 6.92. The number of ketones is 1. The van der Waals surface area contributed by atoms with E-state index in [2.05, 4.69) is 10.4 Å². The van der Waals surface area contributed by atoms with Crippen molar-refractivity contribution >= 4 is 40.7 Å². The van der Waals surface area contributed by atoms with E-state index in [4.69, 9.17) is 11.6 Å². The monoisotopic (exact) mass is 374 g/mol. The first-order chi connectivity index (χ1) is 12.3. The van der Waals surface area contributed by atoms with E-state index in [0.717, 1.165) is 0 Å². The first-order valence-electron chi connectivity index (χ1n) is 8.26. The van der Waals surface area contributed by atoms with Crippen LogP contribution >= 0.6 is 11.6 Å². The van der Waals surface area contributed by atoms with Gasteiger partial charge in [-0.15, -0.1) is 0 Å². The van der Waals surface area contributed by atoms with Gasteiger partial charge in [0, 0.05) is 24.3 Å². The van der Waals surface area contributed by atoms with Gasteiger partial charge in [0.25, 0.3) is 11.7 Å². The molecule has 1 unspecified atom stereocenters. The van der Waals surface area contributed by atoms with Gasteiger partial charge in [0.1, 0.15) is 6.04 Å². The molecule has 8 heteroatoms. The molecule has 26 heavy (non-hydrogen) atoms. The van der Waals surface area contributed by atoms with Crippen molar-refractivity contribution in [2.24, 2.45) is 13.0 Å². The number of Topliss-reactive ketones (excluding diaryl/α,β-unsaturated/α-hetero) is 1. The van der Waals surface area contributed by atoms with Crippen LogP contribution in [0.3, 0.4) is 0 Å². The summed E-state index contributed by atoms with van der Waals surface area (Å²) >= 11 is 5.95. The number of hydrogen-bond acceptors (Lipinski definition) is 4. The minimum Gasteiger partial charge on any atom is -0.307 e. The second-order valence-electron chi connectivity index (χ2n) is 6.67. The predicted molar refractivity (Wildman–Crippen MR) is 98.3 cm³/mol. The molecule has 0 bridgehead atoms. The standard InChI is InChI=1S/C18H19ClN4O3/c1-10(2)8-14(17(25)20-15-6-7-22(3)21-15)23-13-5-4-11(19)9-12(13)16(24)18(23)26/h4-7,9-10,14H,8H2,1-3H3,(H,20,21,25). The molecule has 1 N–H and O–H groups in total. The van der Waals surface area contributed by atoms with Gasteiger partial charge in [0.15, 0.2) is 5.82 Å². The molecule has 1 aromatic heterocycles. The molecule has 1 aromatic carbocycles. The van der Waals surface area contributed by atoms with Gasteiger partial charge >= 0.3 is 0 Å². The van der Waals surface area contributed by atoms with E-state index in [1.54, 1.807) is 36.1 Å². The molecule has 7 nitrogen and oxygen atoms in total. The molecule has 0 saturated carbocycles. The maximum Gasteiger partial charge on any atom is 0.300 e. The van der Waals surface area contributed by atoms with Crippen LogP contribution in [0.2, 0.25) is 5.02 Å². The third-order valence-electron chi connectivity index (χ3n) is 4.15.